The van der Waals surface area contributed by atoms with Crippen molar-refractivity contribution in [2.24, 2.45) is 5.92 Å². The molecule has 1 unspecified atom stereocenters. The molecule has 1 aliphatic carbocycles. The van der Waals surface area contributed by atoms with Gasteiger partial charge in [-0.2, -0.15) is 0 Å². The van der Waals surface area contributed by atoms with Crippen LogP contribution in [0.2, 0.25) is 0 Å². The topological polar surface area (TPSA) is 47.0 Å². The van der Waals surface area contributed by atoms with Crippen LogP contribution < -0.4 is 0 Å². The van der Waals surface area contributed by atoms with Crippen molar-refractivity contribution in [1.82, 2.24) is 4.98 Å². The molecule has 0 aliphatic heterocycles. The number of carbonyl (C=O) groups excluding carboxylic acids is 2. The summed E-state index contributed by atoms with van der Waals surface area (Å²) in [4.78, 5) is 26.7. The minimum absolute atomic E-state index is 0.0667. The fourth-order valence-electron chi connectivity index (χ4n) is 1.63. The van der Waals surface area contributed by atoms with Gasteiger partial charge in [0.1, 0.15) is 5.78 Å². The second-order valence-electron chi connectivity index (χ2n) is 3.23. The molecule has 0 radical (unpaired) electrons. The van der Waals surface area contributed by atoms with E-state index in [1.54, 1.807) is 18.3 Å². The van der Waals surface area contributed by atoms with E-state index in [1.807, 2.05) is 0 Å². The summed E-state index contributed by atoms with van der Waals surface area (Å²) in [7, 11) is 0. The Bertz CT molecular complexity index is 384. The van der Waals surface area contributed by atoms with Crippen LogP contribution in [0.25, 0.3) is 0 Å². The second-order valence-corrected chi connectivity index (χ2v) is 3.23. The number of hydrogen-bond acceptors (Lipinski definition) is 3. The summed E-state index contributed by atoms with van der Waals surface area (Å²) in [5.41, 5.74) is 1.37. The molecule has 1 aromatic rings. The molecule has 2 rings (SSSR count). The monoisotopic (exact) mass is 175 g/mol. The average Bonchev–Trinajstić information content (AvgIpc) is 2.45. The quantitative estimate of drug-likeness (QED) is 0.599. The average molecular weight is 175 g/mol. The van der Waals surface area contributed by atoms with Crippen molar-refractivity contribution in [1.29, 1.82) is 0 Å². The number of pyridine rings is 1. The van der Waals surface area contributed by atoms with Gasteiger partial charge in [-0.25, -0.2) is 0 Å². The molecule has 1 atom stereocenters. The lowest BCUT2D eigenvalue weighted by atomic mass is 10.0. The highest BCUT2D eigenvalue weighted by Crippen LogP contribution is 2.24. The largest absolute Gasteiger partial charge is 0.299 e. The smallest absolute Gasteiger partial charge is 0.175 e. The zero-order valence-electron chi connectivity index (χ0n) is 7.28. The van der Waals surface area contributed by atoms with Gasteiger partial charge in [0.25, 0.3) is 0 Å². The van der Waals surface area contributed by atoms with E-state index in [4.69, 9.17) is 0 Å². The molecule has 0 spiro atoms. The first-order valence-electron chi connectivity index (χ1n) is 4.18. The highest BCUT2D eigenvalue weighted by molar-refractivity contribution is 6.13. The lowest BCUT2D eigenvalue weighted by Gasteiger charge is -1.99. The molecular formula is C10H9NO2. The number of fused-ring (bicyclic) bond motifs is 1. The maximum absolute atomic E-state index is 11.6. The Hall–Kier alpha value is -1.51. The number of nitrogens with zero attached hydrogens (tertiary/aromatic N) is 1. The summed E-state index contributed by atoms with van der Waals surface area (Å²) in [6.07, 6.45) is 2.12. The number of rotatable bonds is 1. The molecule has 13 heavy (non-hydrogen) atoms. The summed E-state index contributed by atoms with van der Waals surface area (Å²) < 4.78 is 0. The Morgan fingerprint density at radius 2 is 2.38 bits per heavy atom. The summed E-state index contributed by atoms with van der Waals surface area (Å²) in [6, 6.07) is 3.45. The lowest BCUT2D eigenvalue weighted by molar-refractivity contribution is -0.119. The van der Waals surface area contributed by atoms with E-state index in [1.165, 1.54) is 6.92 Å². The molecule has 0 fully saturated rings. The highest BCUT2D eigenvalue weighted by atomic mass is 16.1. The van der Waals surface area contributed by atoms with Gasteiger partial charge in [-0.3, -0.25) is 14.6 Å². The van der Waals surface area contributed by atoms with E-state index in [9.17, 15) is 9.59 Å². The summed E-state index contributed by atoms with van der Waals surface area (Å²) in [5.74, 6) is -0.622. The third-order valence-corrected chi connectivity index (χ3v) is 2.36. The Morgan fingerprint density at radius 3 is 3.00 bits per heavy atom. The molecule has 0 saturated carbocycles. The van der Waals surface area contributed by atoms with Gasteiger partial charge < -0.3 is 0 Å². The molecule has 0 amide bonds. The van der Waals surface area contributed by atoms with Crippen LogP contribution in [0.1, 0.15) is 23.0 Å². The van der Waals surface area contributed by atoms with Crippen molar-refractivity contribution >= 4 is 11.6 Å². The molecule has 1 aliphatic rings. The number of aromatic nitrogens is 1. The molecule has 0 N–H and O–H groups in total. The molecule has 66 valence electrons. The predicted molar refractivity (Wildman–Crippen MR) is 46.4 cm³/mol. The Kier molecular flexibility index (Phi) is 1.72. The standard InChI is InChI=1S/C10H9NO2/c1-6(12)8-5-9-7(10(8)13)3-2-4-11-9/h2-4,8H,5H2,1H3. The van der Waals surface area contributed by atoms with Crippen LogP contribution in [0, 0.1) is 5.92 Å². The van der Waals surface area contributed by atoms with E-state index in [0.29, 0.717) is 12.0 Å². The summed E-state index contributed by atoms with van der Waals surface area (Å²) in [6.45, 7) is 1.45. The number of Topliss-reactive ketones (excluding diaryl/α,β-unsaturated/α-hetero) is 2. The maximum atomic E-state index is 11.6. The van der Waals surface area contributed by atoms with E-state index in [-0.39, 0.29) is 11.6 Å². The van der Waals surface area contributed by atoms with Crippen molar-refractivity contribution in [2.45, 2.75) is 13.3 Å². The molecule has 1 aromatic heterocycles. The Balaban J connectivity index is 2.44. The normalized spacial score (nSPS) is 20.1. The number of hydrogen-bond donors (Lipinski definition) is 0. The third kappa shape index (κ3) is 1.16. The van der Waals surface area contributed by atoms with Crippen molar-refractivity contribution < 1.29 is 9.59 Å². The fraction of sp³-hybridized carbons (Fsp3) is 0.300. The highest BCUT2D eigenvalue weighted by Gasteiger charge is 2.33. The van der Waals surface area contributed by atoms with Crippen LogP contribution in [0.4, 0.5) is 0 Å². The van der Waals surface area contributed by atoms with E-state index < -0.39 is 5.92 Å². The van der Waals surface area contributed by atoms with Gasteiger partial charge in [0.15, 0.2) is 5.78 Å². The van der Waals surface area contributed by atoms with Crippen molar-refractivity contribution in [3.63, 3.8) is 0 Å². The molecular weight excluding hydrogens is 166 g/mol. The van der Waals surface area contributed by atoms with E-state index in [0.717, 1.165) is 5.69 Å². The maximum Gasteiger partial charge on any atom is 0.175 e. The zero-order chi connectivity index (χ0) is 9.42. The SMILES string of the molecule is CC(=O)C1Cc2ncccc2C1=O. The first-order valence-corrected chi connectivity index (χ1v) is 4.18. The van der Waals surface area contributed by atoms with Crippen LogP contribution >= 0.6 is 0 Å². The van der Waals surface area contributed by atoms with Gasteiger partial charge >= 0.3 is 0 Å². The number of carbonyl (C=O) groups is 2. The number of ketones is 2. The van der Waals surface area contributed by atoms with Crippen LogP contribution in [0.3, 0.4) is 0 Å². The second kappa shape index (κ2) is 2.76. The molecule has 3 heteroatoms. The molecule has 3 nitrogen and oxygen atoms in total. The zero-order valence-corrected chi connectivity index (χ0v) is 7.28. The Morgan fingerprint density at radius 1 is 1.62 bits per heavy atom. The van der Waals surface area contributed by atoms with Gasteiger partial charge in [0, 0.05) is 18.2 Å². The molecule has 1 heterocycles. The van der Waals surface area contributed by atoms with Gasteiger partial charge in [-0.05, 0) is 19.1 Å². The summed E-state index contributed by atoms with van der Waals surface area (Å²) >= 11 is 0. The van der Waals surface area contributed by atoms with Crippen molar-refractivity contribution in [3.8, 4) is 0 Å². The predicted octanol–water partition coefficient (Wildman–Crippen LogP) is 1.03. The summed E-state index contributed by atoms with van der Waals surface area (Å²) in [5, 5.41) is 0. The van der Waals surface area contributed by atoms with Gasteiger partial charge in [-0.15, -0.1) is 0 Å². The van der Waals surface area contributed by atoms with Gasteiger partial charge in [0.2, 0.25) is 0 Å². The fourth-order valence-corrected chi connectivity index (χ4v) is 1.63. The minimum atomic E-state index is -0.482. The van der Waals surface area contributed by atoms with Crippen LogP contribution in [0.5, 0.6) is 0 Å². The van der Waals surface area contributed by atoms with Crippen molar-refractivity contribution in [2.75, 3.05) is 0 Å². The van der Waals surface area contributed by atoms with Gasteiger partial charge in [-0.1, -0.05) is 0 Å². The Labute approximate surface area is 75.8 Å². The molecule has 0 aromatic carbocycles. The van der Waals surface area contributed by atoms with Gasteiger partial charge in [0.05, 0.1) is 11.6 Å². The van der Waals surface area contributed by atoms with E-state index in [2.05, 4.69) is 4.98 Å². The lowest BCUT2D eigenvalue weighted by Crippen LogP contribution is -2.17. The first-order chi connectivity index (χ1) is 6.20. The molecule has 0 saturated heterocycles. The van der Waals surface area contributed by atoms with Crippen LogP contribution in [-0.4, -0.2) is 16.6 Å². The van der Waals surface area contributed by atoms with E-state index >= 15 is 0 Å². The van der Waals surface area contributed by atoms with Crippen LogP contribution in [-0.2, 0) is 11.2 Å². The molecule has 0 bridgehead atoms. The van der Waals surface area contributed by atoms with Crippen LogP contribution in [0.15, 0.2) is 18.3 Å². The minimum Gasteiger partial charge on any atom is -0.299 e. The van der Waals surface area contributed by atoms with Crippen molar-refractivity contribution in [3.05, 3.63) is 29.6 Å². The third-order valence-electron chi connectivity index (χ3n) is 2.36. The first kappa shape index (κ1) is 8.10.